The highest BCUT2D eigenvalue weighted by Crippen LogP contribution is 2.33. The molecular weight excluding hydrogens is 234 g/mol. The number of nitrogens with two attached hydrogens (primary N) is 1. The number of carboxylic acids is 1. The van der Waals surface area contributed by atoms with E-state index in [0.29, 0.717) is 5.92 Å². The van der Waals surface area contributed by atoms with Gasteiger partial charge in [-0.05, 0) is 11.5 Å². The van der Waals surface area contributed by atoms with Crippen molar-refractivity contribution >= 4 is 17.7 Å². The van der Waals surface area contributed by atoms with E-state index in [1.54, 1.807) is 0 Å². The smallest absolute Gasteiger partial charge is 0.313 e. The fourth-order valence-electron chi connectivity index (χ4n) is 1.58. The molecule has 0 bridgehead atoms. The van der Waals surface area contributed by atoms with Crippen LogP contribution in [0.1, 0.15) is 24.7 Å². The first-order chi connectivity index (χ1) is 8.02. The van der Waals surface area contributed by atoms with Gasteiger partial charge in [-0.15, -0.1) is 11.8 Å². The number of aliphatic carboxylic acids is 1. The van der Waals surface area contributed by atoms with E-state index in [4.69, 9.17) is 10.8 Å². The lowest BCUT2D eigenvalue weighted by atomic mass is 9.97. The van der Waals surface area contributed by atoms with Gasteiger partial charge < -0.3 is 10.8 Å². The van der Waals surface area contributed by atoms with E-state index in [9.17, 15) is 4.79 Å². The SMILES string of the molecule is CC(C)C(N)C(SCC(=O)O)c1ccccc1. The lowest BCUT2D eigenvalue weighted by molar-refractivity contribution is -0.133. The predicted molar refractivity (Wildman–Crippen MR) is 72.1 cm³/mol. The second kappa shape index (κ2) is 6.67. The Morgan fingerprint density at radius 2 is 1.94 bits per heavy atom. The normalized spacial score (nSPS) is 14.6. The van der Waals surface area contributed by atoms with Crippen LogP contribution in [0, 0.1) is 5.92 Å². The first-order valence-electron chi connectivity index (χ1n) is 5.66. The summed E-state index contributed by atoms with van der Waals surface area (Å²) in [5.41, 5.74) is 7.26. The Morgan fingerprint density at radius 1 is 1.35 bits per heavy atom. The summed E-state index contributed by atoms with van der Waals surface area (Å²) in [7, 11) is 0. The summed E-state index contributed by atoms with van der Waals surface area (Å²) in [6, 6.07) is 9.82. The van der Waals surface area contributed by atoms with Crippen LogP contribution in [0.3, 0.4) is 0 Å². The summed E-state index contributed by atoms with van der Waals surface area (Å²) < 4.78 is 0. The minimum Gasteiger partial charge on any atom is -0.481 e. The van der Waals surface area contributed by atoms with E-state index >= 15 is 0 Å². The molecule has 17 heavy (non-hydrogen) atoms. The van der Waals surface area contributed by atoms with Gasteiger partial charge in [0.05, 0.1) is 5.75 Å². The van der Waals surface area contributed by atoms with Crippen LogP contribution < -0.4 is 5.73 Å². The highest BCUT2D eigenvalue weighted by molar-refractivity contribution is 8.00. The molecular formula is C13H19NO2S. The van der Waals surface area contributed by atoms with Crippen molar-refractivity contribution in [3.05, 3.63) is 35.9 Å². The van der Waals surface area contributed by atoms with Gasteiger partial charge in [-0.3, -0.25) is 4.79 Å². The maximum atomic E-state index is 10.7. The molecule has 0 saturated carbocycles. The zero-order valence-electron chi connectivity index (χ0n) is 10.2. The van der Waals surface area contributed by atoms with Crippen molar-refractivity contribution < 1.29 is 9.90 Å². The Bertz CT molecular complexity index is 354. The zero-order valence-corrected chi connectivity index (χ0v) is 11.0. The van der Waals surface area contributed by atoms with E-state index < -0.39 is 5.97 Å². The van der Waals surface area contributed by atoms with Gasteiger partial charge in [0.2, 0.25) is 0 Å². The van der Waals surface area contributed by atoms with E-state index in [0.717, 1.165) is 5.56 Å². The highest BCUT2D eigenvalue weighted by Gasteiger charge is 2.23. The molecule has 94 valence electrons. The summed E-state index contributed by atoms with van der Waals surface area (Å²) in [5.74, 6) is -0.395. The third-order valence-electron chi connectivity index (χ3n) is 2.63. The maximum Gasteiger partial charge on any atom is 0.313 e. The molecule has 0 aliphatic rings. The summed E-state index contributed by atoms with van der Waals surface area (Å²) in [6.45, 7) is 4.11. The highest BCUT2D eigenvalue weighted by atomic mass is 32.2. The largest absolute Gasteiger partial charge is 0.481 e. The lowest BCUT2D eigenvalue weighted by Gasteiger charge is -2.26. The van der Waals surface area contributed by atoms with Crippen LogP contribution in [0.5, 0.6) is 0 Å². The summed E-state index contributed by atoms with van der Waals surface area (Å²) >= 11 is 1.39. The van der Waals surface area contributed by atoms with Crippen LogP contribution in [-0.4, -0.2) is 22.9 Å². The van der Waals surface area contributed by atoms with Gasteiger partial charge in [-0.25, -0.2) is 0 Å². The Balaban J connectivity index is 2.82. The molecule has 3 nitrogen and oxygen atoms in total. The van der Waals surface area contributed by atoms with E-state index in [-0.39, 0.29) is 17.0 Å². The van der Waals surface area contributed by atoms with E-state index in [1.165, 1.54) is 11.8 Å². The zero-order chi connectivity index (χ0) is 12.8. The van der Waals surface area contributed by atoms with Crippen molar-refractivity contribution in [3.63, 3.8) is 0 Å². The van der Waals surface area contributed by atoms with Crippen LogP contribution in [0.2, 0.25) is 0 Å². The third kappa shape index (κ3) is 4.40. The molecule has 0 heterocycles. The van der Waals surface area contributed by atoms with Gasteiger partial charge in [0.1, 0.15) is 0 Å². The molecule has 1 aromatic rings. The molecule has 2 unspecified atom stereocenters. The Kier molecular flexibility index (Phi) is 5.51. The molecule has 0 saturated heterocycles. The van der Waals surface area contributed by atoms with Crippen LogP contribution in [0.4, 0.5) is 0 Å². The van der Waals surface area contributed by atoms with E-state index in [1.807, 2.05) is 30.3 Å². The van der Waals surface area contributed by atoms with Gasteiger partial charge in [0, 0.05) is 11.3 Å². The fourth-order valence-corrected chi connectivity index (χ4v) is 2.79. The second-order valence-corrected chi connectivity index (χ2v) is 5.49. The quantitative estimate of drug-likeness (QED) is 0.817. The van der Waals surface area contributed by atoms with Gasteiger partial charge in [0.25, 0.3) is 0 Å². The average Bonchev–Trinajstić information content (AvgIpc) is 2.30. The van der Waals surface area contributed by atoms with Crippen molar-refractivity contribution in [1.29, 1.82) is 0 Å². The molecule has 3 N–H and O–H groups in total. The van der Waals surface area contributed by atoms with Gasteiger partial charge >= 0.3 is 5.97 Å². The third-order valence-corrected chi connectivity index (χ3v) is 3.99. The van der Waals surface area contributed by atoms with Crippen molar-refractivity contribution in [1.82, 2.24) is 0 Å². The van der Waals surface area contributed by atoms with Crippen molar-refractivity contribution in [2.45, 2.75) is 25.1 Å². The standard InChI is InChI=1S/C13H19NO2S/c1-9(2)12(14)13(17-8-11(15)16)10-6-4-3-5-7-10/h3-7,9,12-13H,8,14H2,1-2H3,(H,15,16). The Morgan fingerprint density at radius 3 is 2.41 bits per heavy atom. The molecule has 0 aliphatic heterocycles. The molecule has 0 amide bonds. The molecule has 2 atom stereocenters. The van der Waals surface area contributed by atoms with Gasteiger partial charge in [-0.2, -0.15) is 0 Å². The van der Waals surface area contributed by atoms with Crippen molar-refractivity contribution in [2.75, 3.05) is 5.75 Å². The average molecular weight is 253 g/mol. The van der Waals surface area contributed by atoms with Crippen molar-refractivity contribution in [2.24, 2.45) is 11.7 Å². The summed E-state index contributed by atoms with van der Waals surface area (Å²) in [4.78, 5) is 10.7. The van der Waals surface area contributed by atoms with E-state index in [2.05, 4.69) is 13.8 Å². The minimum absolute atomic E-state index is 0.0345. The summed E-state index contributed by atoms with van der Waals surface area (Å²) in [5, 5.41) is 8.80. The number of hydrogen-bond acceptors (Lipinski definition) is 3. The monoisotopic (exact) mass is 253 g/mol. The first-order valence-corrected chi connectivity index (χ1v) is 6.71. The molecule has 1 aromatic carbocycles. The minimum atomic E-state index is -0.799. The number of benzene rings is 1. The van der Waals surface area contributed by atoms with Gasteiger partial charge in [0.15, 0.2) is 0 Å². The number of hydrogen-bond donors (Lipinski definition) is 2. The topological polar surface area (TPSA) is 63.3 Å². The van der Waals surface area contributed by atoms with Crippen LogP contribution in [0.25, 0.3) is 0 Å². The Labute approximate surface area is 106 Å². The number of carbonyl (C=O) groups is 1. The predicted octanol–water partition coefficient (Wildman–Crippen LogP) is 2.53. The molecule has 0 aliphatic carbocycles. The summed E-state index contributed by atoms with van der Waals surface area (Å²) in [6.07, 6.45) is 0. The first kappa shape index (κ1) is 14.1. The van der Waals surface area contributed by atoms with Crippen LogP contribution in [0.15, 0.2) is 30.3 Å². The molecule has 4 heteroatoms. The second-order valence-electron chi connectivity index (χ2n) is 4.36. The molecule has 1 rings (SSSR count). The van der Waals surface area contributed by atoms with Crippen LogP contribution >= 0.6 is 11.8 Å². The fraction of sp³-hybridized carbons (Fsp3) is 0.462. The van der Waals surface area contributed by atoms with Gasteiger partial charge in [-0.1, -0.05) is 44.2 Å². The molecule has 0 aromatic heterocycles. The maximum absolute atomic E-state index is 10.7. The Hall–Kier alpha value is -1.00. The van der Waals surface area contributed by atoms with Crippen LogP contribution in [-0.2, 0) is 4.79 Å². The number of thioether (sulfide) groups is 1. The lowest BCUT2D eigenvalue weighted by Crippen LogP contribution is -2.32. The number of carboxylic acid groups (broad SMARTS) is 1. The molecule has 0 fully saturated rings. The molecule has 0 radical (unpaired) electrons. The van der Waals surface area contributed by atoms with Crippen molar-refractivity contribution in [3.8, 4) is 0 Å². The molecule has 0 spiro atoms. The number of rotatable bonds is 6.